The number of carbonyl (C=O) groups is 3. The van der Waals surface area contributed by atoms with Gasteiger partial charge < -0.3 is 15.4 Å². The van der Waals surface area contributed by atoms with Gasteiger partial charge in [-0.15, -0.1) is 0 Å². The largest absolute Gasteiger partial charge is 0.342 e. The first-order valence-corrected chi connectivity index (χ1v) is 9.68. The third-order valence-electron chi connectivity index (χ3n) is 4.46. The standard InChI is InChI=1S/C23H20ClN3O3/c1-15-10-11-25-21(23(30)26-18-9-5-8-17(24)13-18)20(15)22(29)27-19(14-28)12-16-6-3-2-4-7-16/h2-11,13-14,19H,12H2,1H3,(H,26,30)(H,27,29). The maximum absolute atomic E-state index is 12.9. The number of aldehydes is 1. The molecule has 3 aromatic rings. The van der Waals surface area contributed by atoms with E-state index in [9.17, 15) is 14.4 Å². The van der Waals surface area contributed by atoms with Crippen molar-refractivity contribution in [1.29, 1.82) is 0 Å². The maximum Gasteiger partial charge on any atom is 0.275 e. The number of hydrogen-bond donors (Lipinski definition) is 2. The van der Waals surface area contributed by atoms with Crippen LogP contribution in [-0.4, -0.2) is 29.1 Å². The van der Waals surface area contributed by atoms with Crippen molar-refractivity contribution in [3.63, 3.8) is 0 Å². The van der Waals surface area contributed by atoms with Gasteiger partial charge in [0.15, 0.2) is 0 Å². The smallest absolute Gasteiger partial charge is 0.275 e. The molecule has 30 heavy (non-hydrogen) atoms. The first kappa shape index (κ1) is 21.2. The molecule has 7 heteroatoms. The number of halogens is 1. The number of aromatic nitrogens is 1. The quantitative estimate of drug-likeness (QED) is 0.567. The molecule has 0 saturated heterocycles. The van der Waals surface area contributed by atoms with Crippen LogP contribution < -0.4 is 10.6 Å². The molecule has 0 aliphatic rings. The number of benzene rings is 2. The normalized spacial score (nSPS) is 11.4. The van der Waals surface area contributed by atoms with Gasteiger partial charge in [-0.1, -0.05) is 48.0 Å². The van der Waals surface area contributed by atoms with E-state index in [0.29, 0.717) is 29.0 Å². The lowest BCUT2D eigenvalue weighted by Crippen LogP contribution is -2.39. The highest BCUT2D eigenvalue weighted by atomic mass is 35.5. The van der Waals surface area contributed by atoms with Crippen LogP contribution >= 0.6 is 11.6 Å². The Balaban J connectivity index is 1.81. The first-order valence-electron chi connectivity index (χ1n) is 9.30. The zero-order valence-electron chi connectivity index (χ0n) is 16.3. The molecule has 0 aliphatic carbocycles. The molecule has 152 valence electrons. The third-order valence-corrected chi connectivity index (χ3v) is 4.70. The van der Waals surface area contributed by atoms with E-state index < -0.39 is 17.9 Å². The van der Waals surface area contributed by atoms with Crippen molar-refractivity contribution in [1.82, 2.24) is 10.3 Å². The molecule has 0 bridgehead atoms. The molecule has 1 atom stereocenters. The van der Waals surface area contributed by atoms with Crippen LogP contribution in [0.4, 0.5) is 5.69 Å². The van der Waals surface area contributed by atoms with Crippen molar-refractivity contribution in [3.8, 4) is 0 Å². The van der Waals surface area contributed by atoms with Gasteiger partial charge in [0, 0.05) is 16.9 Å². The topological polar surface area (TPSA) is 88.2 Å². The average molecular weight is 422 g/mol. The lowest BCUT2D eigenvalue weighted by atomic mass is 10.0. The van der Waals surface area contributed by atoms with Crippen molar-refractivity contribution in [2.45, 2.75) is 19.4 Å². The summed E-state index contributed by atoms with van der Waals surface area (Å²) in [5, 5.41) is 5.86. The van der Waals surface area contributed by atoms with Gasteiger partial charge in [0.2, 0.25) is 0 Å². The van der Waals surface area contributed by atoms with E-state index in [-0.39, 0.29) is 11.3 Å². The predicted octanol–water partition coefficient (Wildman–Crippen LogP) is 3.84. The molecule has 2 aromatic carbocycles. The number of nitrogens with zero attached hydrogens (tertiary/aromatic N) is 1. The molecule has 1 aromatic heterocycles. The molecule has 0 radical (unpaired) electrons. The number of amides is 2. The Morgan fingerprint density at radius 3 is 2.53 bits per heavy atom. The third kappa shape index (κ3) is 5.30. The second kappa shape index (κ2) is 9.80. The van der Waals surface area contributed by atoms with Gasteiger partial charge in [0.25, 0.3) is 11.8 Å². The van der Waals surface area contributed by atoms with Crippen LogP contribution in [0, 0.1) is 6.92 Å². The number of nitrogens with one attached hydrogen (secondary N) is 2. The Morgan fingerprint density at radius 1 is 1.07 bits per heavy atom. The highest BCUT2D eigenvalue weighted by Crippen LogP contribution is 2.18. The molecule has 0 saturated carbocycles. The lowest BCUT2D eigenvalue weighted by Gasteiger charge is -2.16. The predicted molar refractivity (Wildman–Crippen MR) is 116 cm³/mol. The number of hydrogen-bond acceptors (Lipinski definition) is 4. The van der Waals surface area contributed by atoms with Crippen LogP contribution in [0.2, 0.25) is 5.02 Å². The fourth-order valence-electron chi connectivity index (χ4n) is 3.02. The van der Waals surface area contributed by atoms with Crippen molar-refractivity contribution in [3.05, 3.63) is 94.3 Å². The molecular formula is C23H20ClN3O3. The van der Waals surface area contributed by atoms with Crippen LogP contribution in [-0.2, 0) is 11.2 Å². The van der Waals surface area contributed by atoms with E-state index in [4.69, 9.17) is 11.6 Å². The van der Waals surface area contributed by atoms with Crippen LogP contribution in [0.15, 0.2) is 66.9 Å². The van der Waals surface area contributed by atoms with Crippen molar-refractivity contribution >= 4 is 35.4 Å². The Labute approximate surface area is 179 Å². The summed E-state index contributed by atoms with van der Waals surface area (Å²) in [4.78, 5) is 41.4. The first-order chi connectivity index (χ1) is 14.5. The molecule has 6 nitrogen and oxygen atoms in total. The maximum atomic E-state index is 12.9. The van der Waals surface area contributed by atoms with E-state index >= 15 is 0 Å². The molecule has 0 spiro atoms. The second-order valence-electron chi connectivity index (χ2n) is 6.72. The zero-order valence-corrected chi connectivity index (χ0v) is 17.0. The Bertz CT molecular complexity index is 1070. The monoisotopic (exact) mass is 421 g/mol. The summed E-state index contributed by atoms with van der Waals surface area (Å²) < 4.78 is 0. The number of pyridine rings is 1. The summed E-state index contributed by atoms with van der Waals surface area (Å²) in [6, 6.07) is 16.9. The van der Waals surface area contributed by atoms with Gasteiger partial charge in [0.05, 0.1) is 11.6 Å². The fourth-order valence-corrected chi connectivity index (χ4v) is 3.21. The highest BCUT2D eigenvalue weighted by Gasteiger charge is 2.23. The Kier molecular flexibility index (Phi) is 6.93. The number of anilines is 1. The van der Waals surface area contributed by atoms with E-state index in [2.05, 4.69) is 15.6 Å². The summed E-state index contributed by atoms with van der Waals surface area (Å²) >= 11 is 5.96. The Morgan fingerprint density at radius 2 is 1.83 bits per heavy atom. The summed E-state index contributed by atoms with van der Waals surface area (Å²) in [6.07, 6.45) is 2.49. The molecule has 0 fully saturated rings. The van der Waals surface area contributed by atoms with E-state index in [1.54, 1.807) is 37.3 Å². The van der Waals surface area contributed by atoms with Crippen molar-refractivity contribution in [2.75, 3.05) is 5.32 Å². The minimum Gasteiger partial charge on any atom is -0.342 e. The SMILES string of the molecule is Cc1ccnc(C(=O)Nc2cccc(Cl)c2)c1C(=O)NC(C=O)Cc1ccccc1. The zero-order chi connectivity index (χ0) is 21.5. The van der Waals surface area contributed by atoms with Crippen molar-refractivity contribution in [2.24, 2.45) is 0 Å². The van der Waals surface area contributed by atoms with Gasteiger partial charge in [-0.05, 0) is 48.7 Å². The fraction of sp³-hybridized carbons (Fsp3) is 0.130. The molecule has 0 aliphatic heterocycles. The van der Waals surface area contributed by atoms with Gasteiger partial charge in [-0.25, -0.2) is 0 Å². The lowest BCUT2D eigenvalue weighted by molar-refractivity contribution is -0.109. The van der Waals surface area contributed by atoms with Crippen LogP contribution in [0.5, 0.6) is 0 Å². The molecule has 2 N–H and O–H groups in total. The molecule has 1 unspecified atom stereocenters. The number of aryl methyl sites for hydroxylation is 1. The average Bonchev–Trinajstić information content (AvgIpc) is 2.73. The summed E-state index contributed by atoms with van der Waals surface area (Å²) in [6.45, 7) is 1.71. The van der Waals surface area contributed by atoms with Crippen molar-refractivity contribution < 1.29 is 14.4 Å². The minimum absolute atomic E-state index is 0.0307. The Hall–Kier alpha value is -3.51. The molecule has 1 heterocycles. The molecule has 3 rings (SSSR count). The number of carbonyl (C=O) groups excluding carboxylic acids is 3. The van der Waals surface area contributed by atoms with E-state index in [0.717, 1.165) is 5.56 Å². The minimum atomic E-state index is -0.733. The molecule has 2 amide bonds. The van der Waals surface area contributed by atoms with Gasteiger partial charge in [-0.2, -0.15) is 0 Å². The van der Waals surface area contributed by atoms with Crippen LogP contribution in [0.1, 0.15) is 32.0 Å². The van der Waals surface area contributed by atoms with Gasteiger partial charge in [-0.3, -0.25) is 14.6 Å². The summed E-state index contributed by atoms with van der Waals surface area (Å²) in [5.41, 5.74) is 2.06. The second-order valence-corrected chi connectivity index (χ2v) is 7.16. The van der Waals surface area contributed by atoms with Crippen LogP contribution in [0.25, 0.3) is 0 Å². The van der Waals surface area contributed by atoms with Crippen LogP contribution in [0.3, 0.4) is 0 Å². The van der Waals surface area contributed by atoms with Gasteiger partial charge >= 0.3 is 0 Å². The van der Waals surface area contributed by atoms with E-state index in [1.165, 1.54) is 6.20 Å². The van der Waals surface area contributed by atoms with E-state index in [1.807, 2.05) is 30.3 Å². The van der Waals surface area contributed by atoms with Gasteiger partial charge in [0.1, 0.15) is 12.0 Å². The highest BCUT2D eigenvalue weighted by molar-refractivity contribution is 6.31. The number of rotatable bonds is 7. The molecular weight excluding hydrogens is 402 g/mol. The summed E-state index contributed by atoms with van der Waals surface area (Å²) in [5.74, 6) is -1.08. The summed E-state index contributed by atoms with van der Waals surface area (Å²) in [7, 11) is 0.